The SMILES string of the molecule is FC(F)(F)C(F)(F)c1n[c]no1. The molecule has 0 amide bonds. The summed E-state index contributed by atoms with van der Waals surface area (Å²) in [6, 6.07) is 0. The molecule has 0 atom stereocenters. The van der Waals surface area contributed by atoms with Crippen molar-refractivity contribution >= 4 is 0 Å². The van der Waals surface area contributed by atoms with Crippen molar-refractivity contribution in [2.45, 2.75) is 12.1 Å². The van der Waals surface area contributed by atoms with Crippen LogP contribution in [0.3, 0.4) is 0 Å². The lowest BCUT2D eigenvalue weighted by Crippen LogP contribution is -2.33. The predicted octanol–water partition coefficient (Wildman–Crippen LogP) is 1.52. The Balaban J connectivity index is 3.02. The second kappa shape index (κ2) is 2.39. The lowest BCUT2D eigenvalue weighted by atomic mass is 10.3. The topological polar surface area (TPSA) is 38.9 Å². The highest BCUT2D eigenvalue weighted by Crippen LogP contribution is 2.42. The van der Waals surface area contributed by atoms with Crippen molar-refractivity contribution in [2.75, 3.05) is 0 Å². The molecule has 1 aromatic heterocycles. The van der Waals surface area contributed by atoms with Gasteiger partial charge < -0.3 is 4.52 Å². The number of alkyl halides is 5. The Morgan fingerprint density at radius 2 is 1.75 bits per heavy atom. The summed E-state index contributed by atoms with van der Waals surface area (Å²) in [6.07, 6.45) is -4.27. The molecule has 1 radical (unpaired) electrons. The van der Waals surface area contributed by atoms with Gasteiger partial charge in [0.15, 0.2) is 0 Å². The molecular weight excluding hydrogens is 187 g/mol. The third kappa shape index (κ3) is 1.23. The van der Waals surface area contributed by atoms with Gasteiger partial charge in [-0.3, -0.25) is 0 Å². The van der Waals surface area contributed by atoms with Gasteiger partial charge in [0.1, 0.15) is 0 Å². The standard InChI is InChI=1S/C4F5N2O/c5-3(6,4(7,8)9)2-10-1-11-12-2. The molecule has 0 aromatic carbocycles. The molecule has 0 spiro atoms. The monoisotopic (exact) mass is 187 g/mol. The predicted molar refractivity (Wildman–Crippen MR) is 23.1 cm³/mol. The van der Waals surface area contributed by atoms with Crippen molar-refractivity contribution < 1.29 is 26.5 Å². The Morgan fingerprint density at radius 3 is 2.08 bits per heavy atom. The van der Waals surface area contributed by atoms with E-state index in [-0.39, 0.29) is 0 Å². The second-order valence-electron chi connectivity index (χ2n) is 1.77. The van der Waals surface area contributed by atoms with E-state index >= 15 is 0 Å². The van der Waals surface area contributed by atoms with Crippen LogP contribution in [0.1, 0.15) is 5.89 Å². The Labute approximate surface area is 62.2 Å². The van der Waals surface area contributed by atoms with E-state index in [0.717, 1.165) is 0 Å². The van der Waals surface area contributed by atoms with Gasteiger partial charge in [-0.25, -0.2) is 0 Å². The van der Waals surface area contributed by atoms with Gasteiger partial charge in [0.25, 0.3) is 0 Å². The second-order valence-corrected chi connectivity index (χ2v) is 1.77. The normalized spacial score (nSPS) is 13.4. The minimum atomic E-state index is -5.73. The van der Waals surface area contributed by atoms with Crippen molar-refractivity contribution in [3.63, 3.8) is 0 Å². The maximum Gasteiger partial charge on any atom is 0.463 e. The maximum atomic E-state index is 12.2. The lowest BCUT2D eigenvalue weighted by molar-refractivity contribution is -0.298. The van der Waals surface area contributed by atoms with Crippen LogP contribution in [-0.2, 0) is 5.92 Å². The maximum absolute atomic E-state index is 12.2. The zero-order valence-corrected chi connectivity index (χ0v) is 5.19. The molecule has 0 bridgehead atoms. The summed E-state index contributed by atoms with van der Waals surface area (Å²) in [5.41, 5.74) is 0. The number of nitrogens with zero attached hydrogens (tertiary/aromatic N) is 2. The first kappa shape index (κ1) is 8.88. The molecule has 1 heterocycles. The quantitative estimate of drug-likeness (QED) is 0.625. The fourth-order valence-corrected chi connectivity index (χ4v) is 0.399. The van der Waals surface area contributed by atoms with E-state index < -0.39 is 18.0 Å². The molecule has 1 aromatic rings. The Hall–Kier alpha value is -1.21. The number of aromatic nitrogens is 2. The molecule has 12 heavy (non-hydrogen) atoms. The van der Waals surface area contributed by atoms with Crippen LogP contribution in [0.25, 0.3) is 0 Å². The van der Waals surface area contributed by atoms with Crippen LogP contribution in [0.2, 0.25) is 0 Å². The molecule has 67 valence electrons. The highest BCUT2D eigenvalue weighted by molar-refractivity contribution is 4.92. The van der Waals surface area contributed by atoms with Crippen LogP contribution in [0.15, 0.2) is 4.52 Å². The number of hydrogen-bond acceptors (Lipinski definition) is 3. The van der Waals surface area contributed by atoms with E-state index in [1.807, 2.05) is 0 Å². The molecule has 3 nitrogen and oxygen atoms in total. The van der Waals surface area contributed by atoms with Crippen molar-refractivity contribution in [2.24, 2.45) is 0 Å². The van der Waals surface area contributed by atoms with E-state index in [2.05, 4.69) is 14.7 Å². The fraction of sp³-hybridized carbons (Fsp3) is 0.500. The van der Waals surface area contributed by atoms with E-state index in [9.17, 15) is 22.0 Å². The van der Waals surface area contributed by atoms with Crippen molar-refractivity contribution in [1.29, 1.82) is 0 Å². The highest BCUT2D eigenvalue weighted by atomic mass is 19.4. The largest absolute Gasteiger partial charge is 0.463 e. The molecule has 0 N–H and O–H groups in total. The highest BCUT2D eigenvalue weighted by Gasteiger charge is 2.62. The molecule has 0 saturated heterocycles. The summed E-state index contributed by atoms with van der Waals surface area (Å²) in [4.78, 5) is 2.48. The Kier molecular flexibility index (Phi) is 1.77. The van der Waals surface area contributed by atoms with Crippen molar-refractivity contribution in [3.05, 3.63) is 12.2 Å². The van der Waals surface area contributed by atoms with Crippen LogP contribution in [0.5, 0.6) is 0 Å². The zero-order valence-electron chi connectivity index (χ0n) is 5.19. The zero-order chi connectivity index (χ0) is 9.41. The molecule has 0 fully saturated rings. The molecule has 8 heteroatoms. The van der Waals surface area contributed by atoms with Crippen LogP contribution in [-0.4, -0.2) is 16.3 Å². The van der Waals surface area contributed by atoms with Gasteiger partial charge in [0.05, 0.1) is 0 Å². The first-order valence-corrected chi connectivity index (χ1v) is 2.50. The third-order valence-corrected chi connectivity index (χ3v) is 0.949. The van der Waals surface area contributed by atoms with Gasteiger partial charge in [-0.05, 0) is 0 Å². The van der Waals surface area contributed by atoms with Gasteiger partial charge in [0, 0.05) is 0 Å². The molecule has 0 aliphatic rings. The first-order chi connectivity index (χ1) is 5.36. The summed E-state index contributed by atoms with van der Waals surface area (Å²) in [5, 5.41) is 2.51. The van der Waals surface area contributed by atoms with Crippen LogP contribution in [0.4, 0.5) is 22.0 Å². The van der Waals surface area contributed by atoms with Crippen LogP contribution in [0, 0.1) is 6.33 Å². The Bertz CT molecular complexity index is 253. The number of hydrogen-bond donors (Lipinski definition) is 0. The average Bonchev–Trinajstić information content (AvgIpc) is 2.34. The summed E-state index contributed by atoms with van der Waals surface area (Å²) >= 11 is 0. The van der Waals surface area contributed by atoms with Gasteiger partial charge >= 0.3 is 18.0 Å². The average molecular weight is 187 g/mol. The smallest absolute Gasteiger partial charge is 0.332 e. The molecule has 1 rings (SSSR count). The molecule has 0 saturated carbocycles. The third-order valence-electron chi connectivity index (χ3n) is 0.949. The van der Waals surface area contributed by atoms with Crippen LogP contribution < -0.4 is 0 Å². The van der Waals surface area contributed by atoms with Crippen molar-refractivity contribution in [3.8, 4) is 0 Å². The summed E-state index contributed by atoms with van der Waals surface area (Å²) < 4.78 is 62.4. The van der Waals surface area contributed by atoms with E-state index in [0.29, 0.717) is 0 Å². The minimum absolute atomic E-state index is 1.46. The van der Waals surface area contributed by atoms with E-state index in [1.165, 1.54) is 6.33 Å². The minimum Gasteiger partial charge on any atom is -0.332 e. The lowest BCUT2D eigenvalue weighted by Gasteiger charge is -2.14. The molecule has 0 aliphatic carbocycles. The van der Waals surface area contributed by atoms with Crippen LogP contribution >= 0.6 is 0 Å². The number of halogens is 5. The summed E-state index contributed by atoms with van der Waals surface area (Å²) in [7, 11) is 0. The summed E-state index contributed by atoms with van der Waals surface area (Å²) in [5.74, 6) is -6.92. The first-order valence-electron chi connectivity index (χ1n) is 2.50. The van der Waals surface area contributed by atoms with Gasteiger partial charge in [-0.15, -0.1) is 0 Å². The Morgan fingerprint density at radius 1 is 1.17 bits per heavy atom. The molecular formula is C4F5N2O. The van der Waals surface area contributed by atoms with E-state index in [4.69, 9.17) is 0 Å². The van der Waals surface area contributed by atoms with Gasteiger partial charge in [-0.2, -0.15) is 26.9 Å². The molecule has 0 aliphatic heterocycles. The fourth-order valence-electron chi connectivity index (χ4n) is 0.399. The summed E-state index contributed by atoms with van der Waals surface area (Å²) in [6.45, 7) is 0. The van der Waals surface area contributed by atoms with Gasteiger partial charge in [-0.1, -0.05) is 5.16 Å². The number of rotatable bonds is 1. The molecule has 0 unspecified atom stereocenters. The van der Waals surface area contributed by atoms with Gasteiger partial charge in [0.2, 0.25) is 6.33 Å². The van der Waals surface area contributed by atoms with Crippen molar-refractivity contribution in [1.82, 2.24) is 10.1 Å². The van der Waals surface area contributed by atoms with E-state index in [1.54, 1.807) is 0 Å².